The Balaban J connectivity index is 2.29. The van der Waals surface area contributed by atoms with Crippen molar-refractivity contribution < 1.29 is 9.90 Å². The van der Waals surface area contributed by atoms with Crippen LogP contribution in [0.1, 0.15) is 21.9 Å². The van der Waals surface area contributed by atoms with Crippen LogP contribution in [0.5, 0.6) is 0 Å². The summed E-state index contributed by atoms with van der Waals surface area (Å²) in [5.41, 5.74) is 5.42. The van der Waals surface area contributed by atoms with Gasteiger partial charge in [-0.1, -0.05) is 23.8 Å². The Morgan fingerprint density at radius 2 is 1.95 bits per heavy atom. The highest BCUT2D eigenvalue weighted by molar-refractivity contribution is 5.90. The Morgan fingerprint density at radius 3 is 2.62 bits per heavy atom. The first-order valence-corrected chi connectivity index (χ1v) is 6.62. The molecule has 0 saturated heterocycles. The third-order valence-electron chi connectivity index (χ3n) is 3.56. The summed E-state index contributed by atoms with van der Waals surface area (Å²) < 4.78 is 2.01. The van der Waals surface area contributed by atoms with Gasteiger partial charge in [0.25, 0.3) is 0 Å². The smallest absolute Gasteiger partial charge is 0.373 e. The Labute approximate surface area is 121 Å². The van der Waals surface area contributed by atoms with Crippen LogP contribution in [0.25, 0.3) is 22.3 Å². The molecule has 3 aromatic rings. The van der Waals surface area contributed by atoms with Crippen molar-refractivity contribution in [1.29, 1.82) is 0 Å². The number of fused-ring (bicyclic) bond motifs is 1. The van der Waals surface area contributed by atoms with Gasteiger partial charge in [-0.3, -0.25) is 0 Å². The Kier molecular flexibility index (Phi) is 2.97. The van der Waals surface area contributed by atoms with E-state index >= 15 is 0 Å². The zero-order valence-electron chi connectivity index (χ0n) is 12.1. The van der Waals surface area contributed by atoms with Crippen molar-refractivity contribution in [2.24, 2.45) is 7.05 Å². The number of carboxylic acid groups (broad SMARTS) is 1. The van der Waals surface area contributed by atoms with Crippen LogP contribution < -0.4 is 0 Å². The summed E-state index contributed by atoms with van der Waals surface area (Å²) in [7, 11) is 1.94. The lowest BCUT2D eigenvalue weighted by Crippen LogP contribution is -2.06. The summed E-state index contributed by atoms with van der Waals surface area (Å²) in [6, 6.07) is 10.1. The van der Waals surface area contributed by atoms with Crippen LogP contribution in [-0.2, 0) is 7.05 Å². The molecule has 0 aliphatic rings. The van der Waals surface area contributed by atoms with E-state index in [9.17, 15) is 4.79 Å². The van der Waals surface area contributed by atoms with E-state index < -0.39 is 5.97 Å². The lowest BCUT2D eigenvalue weighted by atomic mass is 10.1. The molecule has 0 bridgehead atoms. The van der Waals surface area contributed by atoms with Gasteiger partial charge < -0.3 is 9.67 Å². The monoisotopic (exact) mass is 281 g/mol. The maximum Gasteiger partial charge on any atom is 0.373 e. The minimum atomic E-state index is -1.11. The summed E-state index contributed by atoms with van der Waals surface area (Å²) >= 11 is 0. The SMILES string of the molecule is Cc1cccc(-c2cc3nc(C(=O)O)nc(C)c3n2C)c1. The maximum atomic E-state index is 11.1. The molecule has 1 aromatic carbocycles. The fourth-order valence-electron chi connectivity index (χ4n) is 2.63. The number of aromatic nitrogens is 3. The molecule has 2 heterocycles. The largest absolute Gasteiger partial charge is 0.475 e. The van der Waals surface area contributed by atoms with Crippen LogP contribution in [0.4, 0.5) is 0 Å². The van der Waals surface area contributed by atoms with Crippen LogP contribution in [-0.4, -0.2) is 25.6 Å². The van der Waals surface area contributed by atoms with Gasteiger partial charge in [-0.05, 0) is 31.5 Å². The van der Waals surface area contributed by atoms with Crippen molar-refractivity contribution in [2.45, 2.75) is 13.8 Å². The molecule has 21 heavy (non-hydrogen) atoms. The van der Waals surface area contributed by atoms with Gasteiger partial charge in [0.2, 0.25) is 5.82 Å². The second-order valence-electron chi connectivity index (χ2n) is 5.13. The predicted molar refractivity (Wildman–Crippen MR) is 80.4 cm³/mol. The molecule has 0 atom stereocenters. The average molecular weight is 281 g/mol. The number of aromatic carboxylic acids is 1. The number of carbonyl (C=O) groups is 1. The van der Waals surface area contributed by atoms with Crippen LogP contribution in [0.15, 0.2) is 30.3 Å². The molecular weight excluding hydrogens is 266 g/mol. The first-order chi connectivity index (χ1) is 9.97. The minimum absolute atomic E-state index is 0.165. The highest BCUT2D eigenvalue weighted by Gasteiger charge is 2.16. The molecule has 0 amide bonds. The van der Waals surface area contributed by atoms with E-state index in [1.807, 2.05) is 42.8 Å². The summed E-state index contributed by atoms with van der Waals surface area (Å²) in [4.78, 5) is 19.3. The van der Waals surface area contributed by atoms with Gasteiger partial charge in [0.1, 0.15) is 0 Å². The molecule has 106 valence electrons. The van der Waals surface area contributed by atoms with E-state index in [0.29, 0.717) is 11.2 Å². The number of rotatable bonds is 2. The minimum Gasteiger partial charge on any atom is -0.475 e. The molecule has 0 fully saturated rings. The third kappa shape index (κ3) is 2.16. The number of carboxylic acids is 1. The van der Waals surface area contributed by atoms with E-state index in [2.05, 4.69) is 16.0 Å². The molecule has 0 aliphatic heterocycles. The van der Waals surface area contributed by atoms with E-state index in [4.69, 9.17) is 5.11 Å². The van der Waals surface area contributed by atoms with Crippen molar-refractivity contribution in [3.63, 3.8) is 0 Å². The van der Waals surface area contributed by atoms with Gasteiger partial charge in [0.15, 0.2) is 0 Å². The molecule has 3 rings (SSSR count). The first-order valence-electron chi connectivity index (χ1n) is 6.62. The zero-order valence-corrected chi connectivity index (χ0v) is 12.1. The summed E-state index contributed by atoms with van der Waals surface area (Å²) in [6.07, 6.45) is 0. The second-order valence-corrected chi connectivity index (χ2v) is 5.13. The van der Waals surface area contributed by atoms with Gasteiger partial charge in [0.05, 0.1) is 22.4 Å². The van der Waals surface area contributed by atoms with Gasteiger partial charge in [-0.25, -0.2) is 14.8 Å². The summed E-state index contributed by atoms with van der Waals surface area (Å²) in [6.45, 7) is 3.84. The third-order valence-corrected chi connectivity index (χ3v) is 3.56. The Morgan fingerprint density at radius 1 is 1.19 bits per heavy atom. The molecule has 0 aliphatic carbocycles. The van der Waals surface area contributed by atoms with Crippen LogP contribution >= 0.6 is 0 Å². The van der Waals surface area contributed by atoms with Crippen molar-refractivity contribution in [3.8, 4) is 11.3 Å². The van der Waals surface area contributed by atoms with E-state index in [1.54, 1.807) is 6.92 Å². The molecule has 1 N–H and O–H groups in total. The Hall–Kier alpha value is -2.69. The van der Waals surface area contributed by atoms with Crippen molar-refractivity contribution in [2.75, 3.05) is 0 Å². The fourth-order valence-corrected chi connectivity index (χ4v) is 2.63. The molecule has 0 radical (unpaired) electrons. The number of hydrogen-bond donors (Lipinski definition) is 1. The zero-order chi connectivity index (χ0) is 15.1. The van der Waals surface area contributed by atoms with Crippen molar-refractivity contribution >= 4 is 17.0 Å². The van der Waals surface area contributed by atoms with Crippen LogP contribution in [0.3, 0.4) is 0 Å². The van der Waals surface area contributed by atoms with Crippen LogP contribution in [0, 0.1) is 13.8 Å². The van der Waals surface area contributed by atoms with E-state index in [1.165, 1.54) is 5.56 Å². The maximum absolute atomic E-state index is 11.1. The molecular formula is C16H15N3O2. The number of nitrogens with zero attached hydrogens (tertiary/aromatic N) is 3. The summed E-state index contributed by atoms with van der Waals surface area (Å²) in [5.74, 6) is -1.28. The van der Waals surface area contributed by atoms with Crippen molar-refractivity contribution in [1.82, 2.24) is 14.5 Å². The topological polar surface area (TPSA) is 68.0 Å². The van der Waals surface area contributed by atoms with Crippen molar-refractivity contribution in [3.05, 3.63) is 47.4 Å². The van der Waals surface area contributed by atoms with Gasteiger partial charge >= 0.3 is 5.97 Å². The van der Waals surface area contributed by atoms with E-state index in [-0.39, 0.29) is 5.82 Å². The first kappa shape index (κ1) is 13.3. The fraction of sp³-hybridized carbons (Fsp3) is 0.188. The van der Waals surface area contributed by atoms with Crippen LogP contribution in [0.2, 0.25) is 0 Å². The van der Waals surface area contributed by atoms with Gasteiger partial charge in [0, 0.05) is 7.05 Å². The molecule has 0 unspecified atom stereocenters. The van der Waals surface area contributed by atoms with Gasteiger partial charge in [-0.2, -0.15) is 0 Å². The highest BCUT2D eigenvalue weighted by Crippen LogP contribution is 2.28. The molecule has 5 nitrogen and oxygen atoms in total. The van der Waals surface area contributed by atoms with Gasteiger partial charge in [-0.15, -0.1) is 0 Å². The predicted octanol–water partition coefficient (Wildman–Crippen LogP) is 2.95. The number of aryl methyl sites for hydroxylation is 3. The quantitative estimate of drug-likeness (QED) is 0.784. The average Bonchev–Trinajstić information content (AvgIpc) is 2.76. The second kappa shape index (κ2) is 4.70. The Bertz CT molecular complexity index is 865. The number of hydrogen-bond acceptors (Lipinski definition) is 3. The normalized spacial score (nSPS) is 11.0. The molecule has 0 spiro atoms. The lowest BCUT2D eigenvalue weighted by Gasteiger charge is -2.06. The summed E-state index contributed by atoms with van der Waals surface area (Å²) in [5, 5.41) is 9.07. The van der Waals surface area contributed by atoms with E-state index in [0.717, 1.165) is 16.8 Å². The molecule has 0 saturated carbocycles. The lowest BCUT2D eigenvalue weighted by molar-refractivity contribution is 0.0683. The number of benzene rings is 1. The highest BCUT2D eigenvalue weighted by atomic mass is 16.4. The molecule has 2 aromatic heterocycles. The molecule has 5 heteroatoms. The standard InChI is InChI=1S/C16H15N3O2/c1-9-5-4-6-11(7-9)13-8-12-14(19(13)3)10(2)17-15(18-12)16(20)21/h4-8H,1-3H3,(H,20,21).